The van der Waals surface area contributed by atoms with Crippen molar-refractivity contribution in [3.8, 4) is 0 Å². The third kappa shape index (κ3) is 4.81. The molecule has 0 amide bonds. The third-order valence-corrected chi connectivity index (χ3v) is 3.46. The first-order valence-corrected chi connectivity index (χ1v) is 6.75. The Kier molecular flexibility index (Phi) is 6.32. The van der Waals surface area contributed by atoms with Gasteiger partial charge in [-0.1, -0.05) is 27.2 Å². The summed E-state index contributed by atoms with van der Waals surface area (Å²) in [6.45, 7) is 9.98. The summed E-state index contributed by atoms with van der Waals surface area (Å²) in [5, 5.41) is 12.7. The Hall–Kier alpha value is -0.120. The zero-order chi connectivity index (χ0) is 12.0. The summed E-state index contributed by atoms with van der Waals surface area (Å²) >= 11 is 0. The van der Waals surface area contributed by atoms with Crippen LogP contribution in [0.3, 0.4) is 0 Å². The van der Waals surface area contributed by atoms with Gasteiger partial charge in [-0.25, -0.2) is 0 Å². The van der Waals surface area contributed by atoms with E-state index < -0.39 is 0 Å². The number of nitrogens with one attached hydrogen (secondary N) is 1. The van der Waals surface area contributed by atoms with Crippen LogP contribution in [-0.2, 0) is 0 Å². The second-order valence-electron chi connectivity index (χ2n) is 5.35. The molecule has 0 radical (unpaired) electrons. The fourth-order valence-electron chi connectivity index (χ4n) is 2.32. The van der Waals surface area contributed by atoms with Crippen molar-refractivity contribution in [1.82, 2.24) is 10.2 Å². The minimum atomic E-state index is 0.222. The summed E-state index contributed by atoms with van der Waals surface area (Å²) < 4.78 is 0. The molecular formula is C13H28N2O. The number of likely N-dealkylation sites (N-methyl/N-ethyl adjacent to an activating group) is 1. The van der Waals surface area contributed by atoms with Gasteiger partial charge >= 0.3 is 0 Å². The Morgan fingerprint density at radius 2 is 2.06 bits per heavy atom. The van der Waals surface area contributed by atoms with Crippen LogP contribution in [0.1, 0.15) is 40.0 Å². The van der Waals surface area contributed by atoms with Crippen LogP contribution in [0, 0.1) is 5.92 Å². The van der Waals surface area contributed by atoms with Crippen LogP contribution in [0.25, 0.3) is 0 Å². The molecule has 0 aliphatic heterocycles. The lowest BCUT2D eigenvalue weighted by molar-refractivity contribution is 0.142. The molecule has 16 heavy (non-hydrogen) atoms. The van der Waals surface area contributed by atoms with Gasteiger partial charge in [0.25, 0.3) is 0 Å². The Labute approximate surface area is 100 Å². The van der Waals surface area contributed by atoms with Crippen LogP contribution in [0.5, 0.6) is 0 Å². The van der Waals surface area contributed by atoms with Crippen LogP contribution in [-0.4, -0.2) is 48.3 Å². The molecular weight excluding hydrogens is 200 g/mol. The number of rotatable bonds is 8. The summed E-state index contributed by atoms with van der Waals surface area (Å²) in [7, 11) is 0. The molecule has 0 aromatic carbocycles. The van der Waals surface area contributed by atoms with Crippen molar-refractivity contribution >= 4 is 0 Å². The van der Waals surface area contributed by atoms with Gasteiger partial charge in [-0.15, -0.1) is 0 Å². The number of nitrogens with zero attached hydrogens (tertiary/aromatic N) is 1. The van der Waals surface area contributed by atoms with Crippen molar-refractivity contribution in [1.29, 1.82) is 0 Å². The highest BCUT2D eigenvalue weighted by Crippen LogP contribution is 2.26. The van der Waals surface area contributed by atoms with Crippen molar-refractivity contribution in [2.24, 2.45) is 5.92 Å². The van der Waals surface area contributed by atoms with E-state index in [1.54, 1.807) is 0 Å². The van der Waals surface area contributed by atoms with Crippen LogP contribution >= 0.6 is 0 Å². The van der Waals surface area contributed by atoms with E-state index in [9.17, 15) is 5.11 Å². The normalized spacial score (nSPS) is 19.1. The predicted molar refractivity (Wildman–Crippen MR) is 68.6 cm³/mol. The maximum atomic E-state index is 9.34. The number of aliphatic hydroxyl groups is 1. The molecule has 0 heterocycles. The quantitative estimate of drug-likeness (QED) is 0.660. The molecule has 3 nitrogen and oxygen atoms in total. The maximum absolute atomic E-state index is 9.34. The number of hydrogen-bond donors (Lipinski definition) is 2. The van der Waals surface area contributed by atoms with Crippen LogP contribution < -0.4 is 5.32 Å². The lowest BCUT2D eigenvalue weighted by Gasteiger charge is -2.34. The molecule has 1 atom stereocenters. The molecule has 2 N–H and O–H groups in total. The molecule has 1 fully saturated rings. The lowest BCUT2D eigenvalue weighted by atomic mass is 9.85. The summed E-state index contributed by atoms with van der Waals surface area (Å²) in [5.41, 5.74) is 0. The SMILES string of the molecule is CCN(CC1CCC1)CC(CO)NC(C)C. The summed E-state index contributed by atoms with van der Waals surface area (Å²) in [6.07, 6.45) is 4.21. The zero-order valence-electron chi connectivity index (χ0n) is 11.1. The topological polar surface area (TPSA) is 35.5 Å². The van der Waals surface area contributed by atoms with E-state index in [0.717, 1.165) is 19.0 Å². The minimum absolute atomic E-state index is 0.222. The Morgan fingerprint density at radius 3 is 2.44 bits per heavy atom. The van der Waals surface area contributed by atoms with E-state index in [0.29, 0.717) is 6.04 Å². The highest BCUT2D eigenvalue weighted by Gasteiger charge is 2.21. The minimum Gasteiger partial charge on any atom is -0.395 e. The van der Waals surface area contributed by atoms with Gasteiger partial charge < -0.3 is 15.3 Å². The first kappa shape index (κ1) is 13.9. The number of hydrogen-bond acceptors (Lipinski definition) is 3. The van der Waals surface area contributed by atoms with Crippen molar-refractivity contribution < 1.29 is 5.11 Å². The van der Waals surface area contributed by atoms with Crippen LogP contribution in [0.2, 0.25) is 0 Å². The van der Waals surface area contributed by atoms with E-state index in [4.69, 9.17) is 0 Å². The van der Waals surface area contributed by atoms with Gasteiger partial charge in [-0.2, -0.15) is 0 Å². The first-order chi connectivity index (χ1) is 7.65. The third-order valence-electron chi connectivity index (χ3n) is 3.46. The molecule has 96 valence electrons. The molecule has 1 unspecified atom stereocenters. The molecule has 0 bridgehead atoms. The van der Waals surface area contributed by atoms with Gasteiger partial charge in [0.15, 0.2) is 0 Å². The van der Waals surface area contributed by atoms with Gasteiger partial charge in [-0.3, -0.25) is 0 Å². The van der Waals surface area contributed by atoms with E-state index in [-0.39, 0.29) is 12.6 Å². The lowest BCUT2D eigenvalue weighted by Crippen LogP contribution is -2.47. The summed E-state index contributed by atoms with van der Waals surface area (Å²) in [5.74, 6) is 0.915. The van der Waals surface area contributed by atoms with E-state index in [2.05, 4.69) is 31.0 Å². The highest BCUT2D eigenvalue weighted by molar-refractivity contribution is 4.77. The largest absolute Gasteiger partial charge is 0.395 e. The van der Waals surface area contributed by atoms with Gasteiger partial charge in [-0.05, 0) is 25.3 Å². The van der Waals surface area contributed by atoms with Crippen molar-refractivity contribution in [2.45, 2.75) is 52.1 Å². The monoisotopic (exact) mass is 228 g/mol. The highest BCUT2D eigenvalue weighted by atomic mass is 16.3. The van der Waals surface area contributed by atoms with Crippen LogP contribution in [0.15, 0.2) is 0 Å². The van der Waals surface area contributed by atoms with Crippen LogP contribution in [0.4, 0.5) is 0 Å². The first-order valence-electron chi connectivity index (χ1n) is 6.75. The molecule has 1 rings (SSSR count). The molecule has 1 aliphatic rings. The number of aliphatic hydroxyl groups excluding tert-OH is 1. The molecule has 0 saturated heterocycles. The maximum Gasteiger partial charge on any atom is 0.0597 e. The molecule has 0 aromatic heterocycles. The Morgan fingerprint density at radius 1 is 1.38 bits per heavy atom. The molecule has 1 aliphatic carbocycles. The van der Waals surface area contributed by atoms with Gasteiger partial charge in [0.1, 0.15) is 0 Å². The predicted octanol–water partition coefficient (Wildman–Crippen LogP) is 1.47. The smallest absolute Gasteiger partial charge is 0.0597 e. The molecule has 3 heteroatoms. The second kappa shape index (κ2) is 7.25. The Balaban J connectivity index is 2.27. The zero-order valence-corrected chi connectivity index (χ0v) is 11.1. The summed E-state index contributed by atoms with van der Waals surface area (Å²) in [4.78, 5) is 2.47. The fraction of sp³-hybridized carbons (Fsp3) is 1.00. The average molecular weight is 228 g/mol. The van der Waals surface area contributed by atoms with Gasteiger partial charge in [0.2, 0.25) is 0 Å². The average Bonchev–Trinajstić information content (AvgIpc) is 2.19. The standard InChI is InChI=1S/C13H28N2O/c1-4-15(8-12-6-5-7-12)9-13(10-16)14-11(2)3/h11-14,16H,4-10H2,1-3H3. The van der Waals surface area contributed by atoms with Gasteiger partial charge in [0.05, 0.1) is 6.61 Å². The van der Waals surface area contributed by atoms with E-state index >= 15 is 0 Å². The van der Waals surface area contributed by atoms with E-state index in [1.807, 2.05) is 0 Å². The fourth-order valence-corrected chi connectivity index (χ4v) is 2.32. The molecule has 0 aromatic rings. The Bertz CT molecular complexity index is 181. The van der Waals surface area contributed by atoms with E-state index in [1.165, 1.54) is 25.8 Å². The van der Waals surface area contributed by atoms with Gasteiger partial charge in [0, 0.05) is 25.2 Å². The van der Waals surface area contributed by atoms with Crippen molar-refractivity contribution in [2.75, 3.05) is 26.2 Å². The van der Waals surface area contributed by atoms with Crippen molar-refractivity contribution in [3.63, 3.8) is 0 Å². The van der Waals surface area contributed by atoms with Crippen molar-refractivity contribution in [3.05, 3.63) is 0 Å². The molecule has 1 saturated carbocycles. The summed E-state index contributed by atoms with van der Waals surface area (Å²) in [6, 6.07) is 0.666. The molecule has 0 spiro atoms. The second-order valence-corrected chi connectivity index (χ2v) is 5.35.